The number of tetrazole rings is 1. The first kappa shape index (κ1) is 11.5. The van der Waals surface area contributed by atoms with E-state index in [1.54, 1.807) is 19.2 Å². The number of anilines is 1. The van der Waals surface area contributed by atoms with Crippen molar-refractivity contribution < 1.29 is 4.79 Å². The lowest BCUT2D eigenvalue weighted by Gasteiger charge is -2.07. The molecule has 0 saturated carbocycles. The number of hydrogen-bond donors (Lipinski definition) is 1. The van der Waals surface area contributed by atoms with Crippen molar-refractivity contribution in [2.24, 2.45) is 7.05 Å². The standard InChI is InChI=1S/C10H10ClN5O/c1-16-14-10(13-15-16)12-9(17)8(11)7-5-3-2-4-6-7/h2-6,8H,1H3,(H,12,14,17). The fraction of sp³-hybridized carbons (Fsp3) is 0.200. The summed E-state index contributed by atoms with van der Waals surface area (Å²) in [7, 11) is 1.61. The molecule has 1 heterocycles. The van der Waals surface area contributed by atoms with Crippen LogP contribution in [0.5, 0.6) is 0 Å². The lowest BCUT2D eigenvalue weighted by Crippen LogP contribution is -2.18. The number of amides is 1. The van der Waals surface area contributed by atoms with E-state index in [-0.39, 0.29) is 11.9 Å². The van der Waals surface area contributed by atoms with Gasteiger partial charge in [-0.25, -0.2) is 0 Å². The maximum absolute atomic E-state index is 11.8. The van der Waals surface area contributed by atoms with Gasteiger partial charge in [-0.2, -0.15) is 4.80 Å². The summed E-state index contributed by atoms with van der Waals surface area (Å²) < 4.78 is 0. The largest absolute Gasteiger partial charge is 0.290 e. The number of halogens is 1. The molecule has 0 spiro atoms. The van der Waals surface area contributed by atoms with Gasteiger partial charge in [-0.15, -0.1) is 16.7 Å². The molecule has 0 radical (unpaired) electrons. The Kier molecular flexibility index (Phi) is 3.34. The quantitative estimate of drug-likeness (QED) is 0.830. The number of alkyl halides is 1. The number of carbonyl (C=O) groups is 1. The second kappa shape index (κ2) is 4.92. The van der Waals surface area contributed by atoms with E-state index in [2.05, 4.69) is 20.7 Å². The Balaban J connectivity index is 2.06. The molecule has 0 bridgehead atoms. The number of carbonyl (C=O) groups excluding carboxylic acids is 1. The van der Waals surface area contributed by atoms with Crippen molar-refractivity contribution in [1.29, 1.82) is 0 Å². The van der Waals surface area contributed by atoms with Crippen LogP contribution in [-0.4, -0.2) is 26.1 Å². The second-order valence-corrected chi connectivity index (χ2v) is 3.80. The minimum Gasteiger partial charge on any atom is -0.290 e. The molecule has 88 valence electrons. The minimum absolute atomic E-state index is 0.138. The number of aromatic nitrogens is 4. The molecule has 2 rings (SSSR count). The topological polar surface area (TPSA) is 72.7 Å². The highest BCUT2D eigenvalue weighted by molar-refractivity contribution is 6.32. The third-order valence-corrected chi connectivity index (χ3v) is 2.52. The molecule has 0 saturated heterocycles. The van der Waals surface area contributed by atoms with Crippen LogP contribution >= 0.6 is 11.6 Å². The summed E-state index contributed by atoms with van der Waals surface area (Å²) in [4.78, 5) is 13.0. The molecule has 0 fully saturated rings. The van der Waals surface area contributed by atoms with E-state index in [0.717, 1.165) is 5.56 Å². The highest BCUT2D eigenvalue weighted by atomic mass is 35.5. The number of aryl methyl sites for hydroxylation is 1. The zero-order valence-corrected chi connectivity index (χ0v) is 9.80. The first-order chi connectivity index (χ1) is 8.16. The van der Waals surface area contributed by atoms with Gasteiger partial charge >= 0.3 is 0 Å². The van der Waals surface area contributed by atoms with Crippen molar-refractivity contribution in [3.8, 4) is 0 Å². The predicted octanol–water partition coefficient (Wildman–Crippen LogP) is 1.13. The molecule has 1 atom stereocenters. The third kappa shape index (κ3) is 2.79. The number of benzene rings is 1. The molecule has 1 amide bonds. The summed E-state index contributed by atoms with van der Waals surface area (Å²) in [6, 6.07) is 9.05. The van der Waals surface area contributed by atoms with Gasteiger partial charge in [0.1, 0.15) is 5.38 Å². The van der Waals surface area contributed by atoms with Gasteiger partial charge in [-0.1, -0.05) is 35.4 Å². The molecule has 0 aliphatic carbocycles. The van der Waals surface area contributed by atoms with Gasteiger partial charge in [0.15, 0.2) is 0 Å². The van der Waals surface area contributed by atoms with Gasteiger partial charge < -0.3 is 0 Å². The Morgan fingerprint density at radius 2 is 2.12 bits per heavy atom. The van der Waals surface area contributed by atoms with Crippen LogP contribution in [0.1, 0.15) is 10.9 Å². The Bertz CT molecular complexity index is 512. The van der Waals surface area contributed by atoms with E-state index in [1.165, 1.54) is 4.80 Å². The van der Waals surface area contributed by atoms with Crippen molar-refractivity contribution >= 4 is 23.5 Å². The predicted molar refractivity (Wildman–Crippen MR) is 62.5 cm³/mol. The second-order valence-electron chi connectivity index (χ2n) is 3.36. The summed E-state index contributed by atoms with van der Waals surface area (Å²) in [5.41, 5.74) is 0.718. The molecule has 6 nitrogen and oxygen atoms in total. The van der Waals surface area contributed by atoms with E-state index in [0.29, 0.717) is 0 Å². The van der Waals surface area contributed by atoms with Crippen LogP contribution in [0.2, 0.25) is 0 Å². The zero-order valence-electron chi connectivity index (χ0n) is 9.04. The monoisotopic (exact) mass is 251 g/mol. The fourth-order valence-corrected chi connectivity index (χ4v) is 1.48. The van der Waals surface area contributed by atoms with Crippen LogP contribution in [0, 0.1) is 0 Å². The van der Waals surface area contributed by atoms with E-state index >= 15 is 0 Å². The lowest BCUT2D eigenvalue weighted by atomic mass is 10.1. The Morgan fingerprint density at radius 3 is 2.71 bits per heavy atom. The molecule has 1 aromatic heterocycles. The van der Waals surface area contributed by atoms with E-state index in [9.17, 15) is 4.79 Å². The third-order valence-electron chi connectivity index (χ3n) is 2.07. The van der Waals surface area contributed by atoms with Crippen molar-refractivity contribution in [1.82, 2.24) is 20.2 Å². The number of hydrogen-bond acceptors (Lipinski definition) is 4. The molecule has 0 aliphatic heterocycles. The van der Waals surface area contributed by atoms with E-state index in [1.807, 2.05) is 18.2 Å². The van der Waals surface area contributed by atoms with Crippen LogP contribution in [0.4, 0.5) is 5.95 Å². The smallest absolute Gasteiger partial charge is 0.270 e. The molecule has 7 heteroatoms. The Hall–Kier alpha value is -1.95. The number of nitrogens with zero attached hydrogens (tertiary/aromatic N) is 4. The molecule has 0 aliphatic rings. The number of nitrogens with one attached hydrogen (secondary N) is 1. The molecule has 2 aromatic rings. The maximum Gasteiger partial charge on any atom is 0.270 e. The minimum atomic E-state index is -0.778. The summed E-state index contributed by atoms with van der Waals surface area (Å²) in [6.07, 6.45) is 0. The molecular weight excluding hydrogens is 242 g/mol. The van der Waals surface area contributed by atoms with Gasteiger partial charge in [0.25, 0.3) is 5.95 Å². The van der Waals surface area contributed by atoms with Crippen molar-refractivity contribution in [3.63, 3.8) is 0 Å². The lowest BCUT2D eigenvalue weighted by molar-refractivity contribution is -0.116. The van der Waals surface area contributed by atoms with Gasteiger partial charge in [-0.3, -0.25) is 10.1 Å². The van der Waals surface area contributed by atoms with Crippen LogP contribution < -0.4 is 5.32 Å². The summed E-state index contributed by atoms with van der Waals surface area (Å²) in [5.74, 6) is -0.245. The van der Waals surface area contributed by atoms with Crippen molar-refractivity contribution in [2.45, 2.75) is 5.38 Å². The summed E-state index contributed by atoms with van der Waals surface area (Å²) >= 11 is 6.02. The summed E-state index contributed by atoms with van der Waals surface area (Å²) in [5, 5.41) is 12.8. The highest BCUT2D eigenvalue weighted by Crippen LogP contribution is 2.20. The molecule has 1 aromatic carbocycles. The first-order valence-corrected chi connectivity index (χ1v) is 5.34. The van der Waals surface area contributed by atoms with Gasteiger partial charge in [0.05, 0.1) is 7.05 Å². The van der Waals surface area contributed by atoms with Gasteiger partial charge in [0.2, 0.25) is 5.91 Å². The highest BCUT2D eigenvalue weighted by Gasteiger charge is 2.18. The van der Waals surface area contributed by atoms with Crippen molar-refractivity contribution in [2.75, 3.05) is 5.32 Å². The van der Waals surface area contributed by atoms with E-state index < -0.39 is 5.38 Å². The van der Waals surface area contributed by atoms with Gasteiger partial charge in [-0.05, 0) is 10.8 Å². The van der Waals surface area contributed by atoms with Crippen LogP contribution in [0.15, 0.2) is 30.3 Å². The average Bonchev–Trinajstić information content (AvgIpc) is 2.75. The fourth-order valence-electron chi connectivity index (χ4n) is 1.28. The molecule has 1 N–H and O–H groups in total. The van der Waals surface area contributed by atoms with Gasteiger partial charge in [0, 0.05) is 0 Å². The van der Waals surface area contributed by atoms with Crippen LogP contribution in [-0.2, 0) is 11.8 Å². The Labute approximate surface area is 103 Å². The van der Waals surface area contributed by atoms with Crippen molar-refractivity contribution in [3.05, 3.63) is 35.9 Å². The average molecular weight is 252 g/mol. The number of rotatable bonds is 3. The Morgan fingerprint density at radius 1 is 1.41 bits per heavy atom. The molecule has 1 unspecified atom stereocenters. The van der Waals surface area contributed by atoms with Crippen LogP contribution in [0.25, 0.3) is 0 Å². The normalized spacial score (nSPS) is 12.1. The van der Waals surface area contributed by atoms with E-state index in [4.69, 9.17) is 11.6 Å². The van der Waals surface area contributed by atoms with Crippen LogP contribution in [0.3, 0.4) is 0 Å². The molecule has 17 heavy (non-hydrogen) atoms. The molecular formula is C10H10ClN5O. The SMILES string of the molecule is Cn1nnc(NC(=O)C(Cl)c2ccccc2)n1. The zero-order chi connectivity index (χ0) is 12.3. The summed E-state index contributed by atoms with van der Waals surface area (Å²) in [6.45, 7) is 0. The first-order valence-electron chi connectivity index (χ1n) is 4.90. The maximum atomic E-state index is 11.8.